The molecule has 0 radical (unpaired) electrons. The molecule has 114 valence electrons. The molecule has 0 atom stereocenters. The number of nitrogens with one attached hydrogen (secondary N) is 1. The van der Waals surface area contributed by atoms with Gasteiger partial charge in [0.1, 0.15) is 5.01 Å². The highest BCUT2D eigenvalue weighted by Gasteiger charge is 2.11. The maximum absolute atomic E-state index is 5.64. The monoisotopic (exact) mass is 306 g/mol. The zero-order valence-corrected chi connectivity index (χ0v) is 13.6. The number of hydrogen-bond donors (Lipinski definition) is 1. The fourth-order valence-electron chi connectivity index (χ4n) is 1.69. The van der Waals surface area contributed by atoms with E-state index in [1.165, 1.54) is 16.9 Å². The summed E-state index contributed by atoms with van der Waals surface area (Å²) in [5, 5.41) is 13.2. The molecule has 0 aliphatic heterocycles. The van der Waals surface area contributed by atoms with E-state index in [1.807, 2.05) is 24.5 Å². The maximum atomic E-state index is 5.64. The average molecular weight is 306 g/mol. The van der Waals surface area contributed by atoms with Crippen LogP contribution in [0.15, 0.2) is 24.5 Å². The Labute approximate surface area is 129 Å². The first kappa shape index (κ1) is 15.9. The molecule has 0 fully saturated rings. The highest BCUT2D eigenvalue weighted by Crippen LogP contribution is 2.18. The van der Waals surface area contributed by atoms with Gasteiger partial charge in [0, 0.05) is 17.9 Å². The molecule has 2 aromatic heterocycles. The number of ether oxygens (including phenoxy) is 1. The highest BCUT2D eigenvalue weighted by molar-refractivity contribution is 7.13. The molecule has 0 aliphatic carbocycles. The topological polar surface area (TPSA) is 59.9 Å². The Morgan fingerprint density at radius 1 is 1.19 bits per heavy atom. The minimum absolute atomic E-state index is 0.0806. The molecule has 2 rings (SSSR count). The molecule has 0 bridgehead atoms. The van der Waals surface area contributed by atoms with Crippen molar-refractivity contribution < 1.29 is 4.74 Å². The number of hydrogen-bond acceptors (Lipinski definition) is 6. The first-order valence-electron chi connectivity index (χ1n) is 7.12. The van der Waals surface area contributed by atoms with Crippen molar-refractivity contribution in [1.82, 2.24) is 20.5 Å². The average Bonchev–Trinajstić information content (AvgIpc) is 2.90. The van der Waals surface area contributed by atoms with Crippen molar-refractivity contribution >= 4 is 11.3 Å². The Morgan fingerprint density at radius 3 is 2.67 bits per heavy atom. The van der Waals surface area contributed by atoms with Crippen LogP contribution in [0.1, 0.15) is 37.8 Å². The van der Waals surface area contributed by atoms with Crippen molar-refractivity contribution in [3.8, 4) is 5.19 Å². The molecule has 2 aromatic rings. The van der Waals surface area contributed by atoms with E-state index in [1.54, 1.807) is 0 Å². The van der Waals surface area contributed by atoms with Gasteiger partial charge < -0.3 is 10.1 Å². The molecule has 0 amide bonds. The molecule has 0 spiro atoms. The molecule has 0 aliphatic rings. The minimum atomic E-state index is 0.0806. The Morgan fingerprint density at radius 2 is 1.95 bits per heavy atom. The van der Waals surface area contributed by atoms with Gasteiger partial charge in [-0.15, -0.1) is 10.2 Å². The molecule has 21 heavy (non-hydrogen) atoms. The number of nitrogens with zero attached hydrogens (tertiary/aromatic N) is 3. The first-order chi connectivity index (χ1) is 10.0. The second-order valence-electron chi connectivity index (χ2n) is 5.87. The van der Waals surface area contributed by atoms with Crippen molar-refractivity contribution in [2.75, 3.05) is 6.61 Å². The van der Waals surface area contributed by atoms with Gasteiger partial charge in [-0.3, -0.25) is 4.98 Å². The summed E-state index contributed by atoms with van der Waals surface area (Å²) in [7, 11) is 0. The van der Waals surface area contributed by atoms with Crippen molar-refractivity contribution in [1.29, 1.82) is 0 Å². The van der Waals surface area contributed by atoms with Crippen LogP contribution >= 0.6 is 11.3 Å². The second kappa shape index (κ2) is 7.47. The molecular weight excluding hydrogens is 284 g/mol. The van der Waals surface area contributed by atoms with Crippen molar-refractivity contribution in [3.05, 3.63) is 35.1 Å². The van der Waals surface area contributed by atoms with Crippen molar-refractivity contribution in [2.24, 2.45) is 0 Å². The maximum Gasteiger partial charge on any atom is 0.294 e. The Kier molecular flexibility index (Phi) is 5.64. The van der Waals surface area contributed by atoms with Crippen LogP contribution in [0.2, 0.25) is 0 Å². The summed E-state index contributed by atoms with van der Waals surface area (Å²) in [5.41, 5.74) is 1.36. The fourth-order valence-corrected chi connectivity index (χ4v) is 2.35. The Balaban J connectivity index is 1.68. The zero-order valence-electron chi connectivity index (χ0n) is 12.8. The van der Waals surface area contributed by atoms with Gasteiger partial charge in [-0.25, -0.2) is 0 Å². The fraction of sp³-hybridized carbons (Fsp3) is 0.533. The molecule has 0 aromatic carbocycles. The van der Waals surface area contributed by atoms with Gasteiger partial charge in [0.05, 0.1) is 13.2 Å². The van der Waals surface area contributed by atoms with Crippen LogP contribution in [0, 0.1) is 0 Å². The van der Waals surface area contributed by atoms with Crippen LogP contribution in [0.5, 0.6) is 5.19 Å². The quantitative estimate of drug-likeness (QED) is 0.797. The molecule has 5 nitrogen and oxygen atoms in total. The molecule has 0 saturated heterocycles. The lowest BCUT2D eigenvalue weighted by Gasteiger charge is -2.19. The van der Waals surface area contributed by atoms with Gasteiger partial charge >= 0.3 is 0 Å². The van der Waals surface area contributed by atoms with E-state index in [0.717, 1.165) is 24.4 Å². The summed E-state index contributed by atoms with van der Waals surface area (Å²) in [6.45, 7) is 7.77. The van der Waals surface area contributed by atoms with E-state index in [4.69, 9.17) is 4.74 Å². The van der Waals surface area contributed by atoms with E-state index in [-0.39, 0.29) is 5.54 Å². The van der Waals surface area contributed by atoms with Crippen LogP contribution in [-0.2, 0) is 13.0 Å². The number of aryl methyl sites for hydroxylation is 1. The third-order valence-corrected chi connectivity index (χ3v) is 3.64. The van der Waals surface area contributed by atoms with Gasteiger partial charge in [-0.1, -0.05) is 11.3 Å². The molecule has 2 heterocycles. The summed E-state index contributed by atoms with van der Waals surface area (Å²) in [6.07, 6.45) is 5.57. The number of rotatable bonds is 7. The molecule has 0 unspecified atom stereocenters. The summed E-state index contributed by atoms with van der Waals surface area (Å²) < 4.78 is 5.64. The summed E-state index contributed by atoms with van der Waals surface area (Å²) >= 11 is 1.50. The molecular formula is C15H22N4OS. The summed E-state index contributed by atoms with van der Waals surface area (Å²) in [6, 6.07) is 4.06. The number of pyridine rings is 1. The van der Waals surface area contributed by atoms with Crippen molar-refractivity contribution in [2.45, 2.75) is 45.7 Å². The van der Waals surface area contributed by atoms with Gasteiger partial charge in [-0.2, -0.15) is 0 Å². The SMILES string of the molecule is CC(C)(C)NCc1nnc(OCCCc2ccncc2)s1. The third-order valence-electron chi connectivity index (χ3n) is 2.80. The smallest absolute Gasteiger partial charge is 0.294 e. The second-order valence-corrected chi connectivity index (χ2v) is 6.90. The highest BCUT2D eigenvalue weighted by atomic mass is 32.1. The third kappa shape index (κ3) is 6.18. The van der Waals surface area contributed by atoms with Gasteiger partial charge in [0.15, 0.2) is 0 Å². The van der Waals surface area contributed by atoms with Gasteiger partial charge in [0.2, 0.25) is 0 Å². The largest absolute Gasteiger partial charge is 0.469 e. The van der Waals surface area contributed by atoms with Crippen LogP contribution in [0.3, 0.4) is 0 Å². The van der Waals surface area contributed by atoms with Crippen LogP contribution in [-0.4, -0.2) is 27.3 Å². The lowest BCUT2D eigenvalue weighted by Crippen LogP contribution is -2.35. The standard InChI is InChI=1S/C15H22N4OS/c1-15(2,3)17-11-13-18-19-14(21-13)20-10-4-5-12-6-8-16-9-7-12/h6-9,17H,4-5,10-11H2,1-3H3. The normalized spacial score (nSPS) is 11.6. The predicted molar refractivity (Wildman–Crippen MR) is 84.6 cm³/mol. The van der Waals surface area contributed by atoms with E-state index in [9.17, 15) is 0 Å². The minimum Gasteiger partial charge on any atom is -0.469 e. The first-order valence-corrected chi connectivity index (χ1v) is 7.94. The summed E-state index contributed by atoms with van der Waals surface area (Å²) in [5.74, 6) is 0. The molecule has 1 N–H and O–H groups in total. The van der Waals surface area contributed by atoms with Gasteiger partial charge in [0.25, 0.3) is 5.19 Å². The van der Waals surface area contributed by atoms with E-state index < -0.39 is 0 Å². The van der Waals surface area contributed by atoms with E-state index in [2.05, 4.69) is 41.3 Å². The van der Waals surface area contributed by atoms with Crippen molar-refractivity contribution in [3.63, 3.8) is 0 Å². The van der Waals surface area contributed by atoms with Gasteiger partial charge in [-0.05, 0) is 51.3 Å². The Hall–Kier alpha value is -1.53. The lowest BCUT2D eigenvalue weighted by atomic mass is 10.1. The lowest BCUT2D eigenvalue weighted by molar-refractivity contribution is 0.307. The predicted octanol–water partition coefficient (Wildman–Crippen LogP) is 2.83. The molecule has 0 saturated carbocycles. The van der Waals surface area contributed by atoms with Crippen LogP contribution in [0.25, 0.3) is 0 Å². The molecule has 6 heteroatoms. The van der Waals surface area contributed by atoms with Crippen LogP contribution < -0.4 is 10.1 Å². The zero-order chi connectivity index (χ0) is 15.1. The Bertz CT molecular complexity index is 536. The summed E-state index contributed by atoms with van der Waals surface area (Å²) in [4.78, 5) is 4.00. The number of aromatic nitrogens is 3. The van der Waals surface area contributed by atoms with E-state index in [0.29, 0.717) is 11.8 Å². The van der Waals surface area contributed by atoms with E-state index >= 15 is 0 Å². The van der Waals surface area contributed by atoms with Crippen LogP contribution in [0.4, 0.5) is 0 Å².